The van der Waals surface area contributed by atoms with E-state index in [4.69, 9.17) is 10.5 Å². The molecule has 0 spiro atoms. The third kappa shape index (κ3) is 6.85. The minimum atomic E-state index is -0.920. The van der Waals surface area contributed by atoms with Crippen LogP contribution in [0, 0.1) is 0 Å². The van der Waals surface area contributed by atoms with Crippen molar-refractivity contribution in [2.24, 2.45) is 5.73 Å². The number of hydrogen-bond donors (Lipinski definition) is 2. The summed E-state index contributed by atoms with van der Waals surface area (Å²) in [5, 5.41) is 10.2. The maximum atomic E-state index is 10.2. The summed E-state index contributed by atoms with van der Waals surface area (Å²) in [4.78, 5) is 6.30. The predicted octanol–water partition coefficient (Wildman–Crippen LogP) is 3.18. The second-order valence-corrected chi connectivity index (χ2v) is 8.30. The highest BCUT2D eigenvalue weighted by atomic mass is 16.6. The van der Waals surface area contributed by atoms with Gasteiger partial charge in [0.2, 0.25) is 6.41 Å². The third-order valence-electron chi connectivity index (χ3n) is 3.93. The van der Waals surface area contributed by atoms with Crippen molar-refractivity contribution in [1.82, 2.24) is 9.88 Å². The Morgan fingerprint density at radius 1 is 1.25 bits per heavy atom. The molecule has 2 atom stereocenters. The number of aliphatic hydroxyl groups excluding tert-OH is 1. The van der Waals surface area contributed by atoms with Gasteiger partial charge in [-0.2, -0.15) is 0 Å². The number of nitrogens with two attached hydrogens (primary N) is 1. The molecule has 0 saturated carbocycles. The molecule has 0 radical (unpaired) electrons. The fraction of sp³-hybridized carbons (Fsp3) is 0.737. The van der Waals surface area contributed by atoms with Crippen LogP contribution in [0.1, 0.15) is 72.2 Å². The first kappa shape index (κ1) is 21.0. The zero-order chi connectivity index (χ0) is 18.5. The van der Waals surface area contributed by atoms with E-state index in [1.807, 2.05) is 44.9 Å². The lowest BCUT2D eigenvalue weighted by Gasteiger charge is -2.32. The molecule has 0 fully saturated rings. The van der Waals surface area contributed by atoms with Gasteiger partial charge in [-0.15, -0.1) is 0 Å². The van der Waals surface area contributed by atoms with Crippen LogP contribution in [0.4, 0.5) is 0 Å². The van der Waals surface area contributed by atoms with E-state index in [0.717, 1.165) is 5.69 Å². The highest BCUT2D eigenvalue weighted by Gasteiger charge is 2.23. The Kier molecular flexibility index (Phi) is 7.35. The Labute approximate surface area is 147 Å². The molecule has 2 unspecified atom stereocenters. The molecule has 24 heavy (non-hydrogen) atoms. The first-order valence-corrected chi connectivity index (χ1v) is 8.76. The summed E-state index contributed by atoms with van der Waals surface area (Å²) in [6, 6.07) is 3.96. The van der Waals surface area contributed by atoms with Crippen LogP contribution in [0.3, 0.4) is 0 Å². The molecule has 5 nitrogen and oxygen atoms in total. The van der Waals surface area contributed by atoms with Crippen LogP contribution in [0.25, 0.3) is 0 Å². The van der Waals surface area contributed by atoms with E-state index in [2.05, 4.69) is 31.8 Å². The van der Waals surface area contributed by atoms with E-state index in [-0.39, 0.29) is 11.5 Å². The van der Waals surface area contributed by atoms with Gasteiger partial charge in [0.05, 0.1) is 11.3 Å². The van der Waals surface area contributed by atoms with Gasteiger partial charge in [-0.25, -0.2) is 0 Å². The molecule has 1 aromatic heterocycles. The number of aliphatic hydroxyl groups is 1. The highest BCUT2D eigenvalue weighted by Crippen LogP contribution is 2.24. The number of pyridine rings is 1. The van der Waals surface area contributed by atoms with Gasteiger partial charge >= 0.3 is 0 Å². The number of rotatable bonds is 7. The number of ether oxygens (including phenoxy) is 1. The van der Waals surface area contributed by atoms with Crippen LogP contribution in [0.2, 0.25) is 0 Å². The van der Waals surface area contributed by atoms with Gasteiger partial charge in [0.25, 0.3) is 0 Å². The average molecular weight is 338 g/mol. The summed E-state index contributed by atoms with van der Waals surface area (Å²) in [6.07, 6.45) is 1.61. The van der Waals surface area contributed by atoms with E-state index in [1.165, 1.54) is 5.56 Å². The predicted molar refractivity (Wildman–Crippen MR) is 98.6 cm³/mol. The maximum absolute atomic E-state index is 10.2. The molecule has 0 aromatic carbocycles. The summed E-state index contributed by atoms with van der Waals surface area (Å²) in [6.45, 7) is 15.7. The second-order valence-electron chi connectivity index (χ2n) is 8.30. The quantitative estimate of drug-likeness (QED) is 0.748. The normalized spacial score (nSPS) is 15.6. The molecular formula is C19H35N3O2. The topological polar surface area (TPSA) is 71.6 Å². The van der Waals surface area contributed by atoms with Crippen molar-refractivity contribution in [2.75, 3.05) is 13.1 Å². The Bertz CT molecular complexity index is 506. The fourth-order valence-electron chi connectivity index (χ4n) is 2.39. The van der Waals surface area contributed by atoms with Crippen LogP contribution in [-0.2, 0) is 10.2 Å². The van der Waals surface area contributed by atoms with Gasteiger partial charge in [0, 0.05) is 18.8 Å². The number of hydrogen-bond acceptors (Lipinski definition) is 5. The molecule has 3 N–H and O–H groups in total. The van der Waals surface area contributed by atoms with Crippen molar-refractivity contribution in [3.63, 3.8) is 0 Å². The summed E-state index contributed by atoms with van der Waals surface area (Å²) >= 11 is 0. The Hall–Kier alpha value is -1.01. The smallest absolute Gasteiger partial charge is 0.216 e. The van der Waals surface area contributed by atoms with Crippen LogP contribution in [0.5, 0.6) is 0 Å². The van der Waals surface area contributed by atoms with Gasteiger partial charge in [-0.05, 0) is 56.8 Å². The molecule has 0 aliphatic rings. The van der Waals surface area contributed by atoms with Gasteiger partial charge in [0.15, 0.2) is 0 Å². The zero-order valence-corrected chi connectivity index (χ0v) is 16.3. The molecule has 138 valence electrons. The molecule has 0 bridgehead atoms. The molecular weight excluding hydrogens is 302 g/mol. The largest absolute Gasteiger partial charge is 0.356 e. The van der Waals surface area contributed by atoms with E-state index in [1.54, 1.807) is 0 Å². The Morgan fingerprint density at radius 2 is 1.88 bits per heavy atom. The molecule has 1 heterocycles. The molecule has 0 saturated heterocycles. The minimum Gasteiger partial charge on any atom is -0.356 e. The summed E-state index contributed by atoms with van der Waals surface area (Å²) in [7, 11) is 0. The van der Waals surface area contributed by atoms with E-state index < -0.39 is 12.0 Å². The molecule has 0 aliphatic heterocycles. The Morgan fingerprint density at radius 3 is 2.38 bits per heavy atom. The lowest BCUT2D eigenvalue weighted by atomic mass is 9.87. The zero-order valence-electron chi connectivity index (χ0n) is 16.3. The number of aromatic nitrogens is 1. The summed E-state index contributed by atoms with van der Waals surface area (Å²) < 4.78 is 5.62. The lowest BCUT2D eigenvalue weighted by Crippen LogP contribution is -2.42. The average Bonchev–Trinajstić information content (AvgIpc) is 2.45. The van der Waals surface area contributed by atoms with Crippen LogP contribution in [-0.4, -0.2) is 40.1 Å². The van der Waals surface area contributed by atoms with Gasteiger partial charge < -0.3 is 15.6 Å². The molecule has 0 amide bonds. The van der Waals surface area contributed by atoms with Crippen LogP contribution in [0.15, 0.2) is 18.3 Å². The molecule has 1 aromatic rings. The van der Waals surface area contributed by atoms with Crippen molar-refractivity contribution in [3.8, 4) is 0 Å². The van der Waals surface area contributed by atoms with E-state index in [9.17, 15) is 5.11 Å². The fourth-order valence-corrected chi connectivity index (χ4v) is 2.39. The maximum Gasteiger partial charge on any atom is 0.216 e. The van der Waals surface area contributed by atoms with Crippen molar-refractivity contribution in [1.29, 1.82) is 0 Å². The Balaban J connectivity index is 2.69. The van der Waals surface area contributed by atoms with Crippen molar-refractivity contribution in [2.45, 2.75) is 78.4 Å². The summed E-state index contributed by atoms with van der Waals surface area (Å²) in [5.74, 6) is 0. The molecule has 0 aliphatic carbocycles. The van der Waals surface area contributed by atoms with E-state index in [0.29, 0.717) is 19.5 Å². The number of nitrogens with zero attached hydrogens (tertiary/aromatic N) is 2. The third-order valence-corrected chi connectivity index (χ3v) is 3.93. The first-order valence-electron chi connectivity index (χ1n) is 8.76. The standard InChI is InChI=1S/C19H35N3O2/c1-8-22(17(23)24-19(5,6)7)12-10-15(20)16-13-14(9-11-21-16)18(2,3)4/h9,11,13,15,17,23H,8,10,12,20H2,1-7H3. The molecule has 1 rings (SSSR count). The lowest BCUT2D eigenvalue weighted by molar-refractivity contribution is -0.238. The van der Waals surface area contributed by atoms with Gasteiger partial charge in [0.1, 0.15) is 0 Å². The highest BCUT2D eigenvalue weighted by molar-refractivity contribution is 5.25. The minimum absolute atomic E-state index is 0.0730. The second kappa shape index (κ2) is 8.39. The van der Waals surface area contributed by atoms with E-state index >= 15 is 0 Å². The van der Waals surface area contributed by atoms with Crippen molar-refractivity contribution >= 4 is 0 Å². The first-order chi connectivity index (χ1) is 10.9. The monoisotopic (exact) mass is 337 g/mol. The summed E-state index contributed by atoms with van der Waals surface area (Å²) in [5.41, 5.74) is 8.13. The van der Waals surface area contributed by atoms with Gasteiger partial charge in [-0.3, -0.25) is 9.88 Å². The van der Waals surface area contributed by atoms with Crippen molar-refractivity contribution in [3.05, 3.63) is 29.6 Å². The van der Waals surface area contributed by atoms with Crippen LogP contribution < -0.4 is 5.73 Å². The molecule has 5 heteroatoms. The van der Waals surface area contributed by atoms with Gasteiger partial charge in [-0.1, -0.05) is 27.7 Å². The van der Waals surface area contributed by atoms with Crippen molar-refractivity contribution < 1.29 is 9.84 Å². The SMILES string of the molecule is CCN(CCC(N)c1cc(C(C)(C)C)ccn1)C(O)OC(C)(C)C. The van der Waals surface area contributed by atoms with Crippen LogP contribution >= 0.6 is 0 Å².